The molecule has 7 heteroatoms. The minimum absolute atomic E-state index is 0.0896. The minimum Gasteiger partial charge on any atom is -0.273 e. The third-order valence-corrected chi connectivity index (χ3v) is 4.84. The molecule has 0 N–H and O–H groups in total. The maximum absolute atomic E-state index is 12.7. The molecule has 1 fully saturated rings. The highest BCUT2D eigenvalue weighted by Gasteiger charge is 2.37. The molecule has 3 rings (SSSR count). The van der Waals surface area contributed by atoms with E-state index in [1.165, 1.54) is 11.8 Å². The second-order valence-corrected chi connectivity index (χ2v) is 6.31. The van der Waals surface area contributed by atoms with E-state index < -0.39 is 28.8 Å². The SMILES string of the molecule is O=C1CS[C@H](c2ccccc2)C(=O)N1c1ccc(C(F)(F)F)cc1. The predicted octanol–water partition coefficient (Wildman–Crippen LogP) is 4.05. The lowest BCUT2D eigenvalue weighted by Crippen LogP contribution is -2.44. The van der Waals surface area contributed by atoms with Crippen LogP contribution in [0, 0.1) is 0 Å². The summed E-state index contributed by atoms with van der Waals surface area (Å²) in [6.45, 7) is 0. The van der Waals surface area contributed by atoms with Crippen LogP contribution in [0.15, 0.2) is 54.6 Å². The summed E-state index contributed by atoms with van der Waals surface area (Å²) < 4.78 is 37.9. The summed E-state index contributed by atoms with van der Waals surface area (Å²) in [6.07, 6.45) is -4.46. The second-order valence-electron chi connectivity index (χ2n) is 5.21. The normalized spacial score (nSPS) is 18.8. The smallest absolute Gasteiger partial charge is 0.273 e. The van der Waals surface area contributed by atoms with Crippen LogP contribution in [-0.4, -0.2) is 17.6 Å². The summed E-state index contributed by atoms with van der Waals surface area (Å²) in [5, 5.41) is -0.550. The maximum Gasteiger partial charge on any atom is 0.416 e. The van der Waals surface area contributed by atoms with Gasteiger partial charge < -0.3 is 0 Å². The van der Waals surface area contributed by atoms with Gasteiger partial charge in [0.05, 0.1) is 17.0 Å². The van der Waals surface area contributed by atoms with Gasteiger partial charge >= 0.3 is 6.18 Å². The van der Waals surface area contributed by atoms with Gasteiger partial charge in [0.15, 0.2) is 0 Å². The summed E-state index contributed by atoms with van der Waals surface area (Å²) in [6, 6.07) is 13.0. The average Bonchev–Trinajstić information content (AvgIpc) is 2.55. The Hall–Kier alpha value is -2.28. The van der Waals surface area contributed by atoms with Crippen LogP contribution >= 0.6 is 11.8 Å². The number of rotatable bonds is 2. The lowest BCUT2D eigenvalue weighted by atomic mass is 10.1. The Balaban J connectivity index is 1.91. The summed E-state index contributed by atoms with van der Waals surface area (Å²) in [5.74, 6) is -0.786. The minimum atomic E-state index is -4.46. The standard InChI is InChI=1S/C17H12F3NO2S/c18-17(19,20)12-6-8-13(9-7-12)21-14(22)10-24-15(16(21)23)11-4-2-1-3-5-11/h1-9,15H,10H2/t15-/m1/s1. The van der Waals surface area contributed by atoms with Gasteiger partial charge in [0, 0.05) is 0 Å². The van der Waals surface area contributed by atoms with E-state index in [0.717, 1.165) is 34.7 Å². The fraction of sp³-hybridized carbons (Fsp3) is 0.176. The molecule has 2 amide bonds. The number of amides is 2. The summed E-state index contributed by atoms with van der Waals surface area (Å²) in [7, 11) is 0. The van der Waals surface area contributed by atoms with E-state index in [4.69, 9.17) is 0 Å². The van der Waals surface area contributed by atoms with Crippen LogP contribution in [0.4, 0.5) is 18.9 Å². The molecule has 1 saturated heterocycles. The summed E-state index contributed by atoms with van der Waals surface area (Å²) in [5.41, 5.74) is 0.0910. The van der Waals surface area contributed by atoms with E-state index in [9.17, 15) is 22.8 Å². The summed E-state index contributed by atoms with van der Waals surface area (Å²) in [4.78, 5) is 25.8. The monoisotopic (exact) mass is 351 g/mol. The Kier molecular flexibility index (Phi) is 4.36. The zero-order valence-corrected chi connectivity index (χ0v) is 13.1. The van der Waals surface area contributed by atoms with Gasteiger partial charge in [-0.2, -0.15) is 13.2 Å². The van der Waals surface area contributed by atoms with Crippen LogP contribution in [0.1, 0.15) is 16.4 Å². The fourth-order valence-electron chi connectivity index (χ4n) is 2.47. The summed E-state index contributed by atoms with van der Waals surface area (Å²) >= 11 is 1.22. The van der Waals surface area contributed by atoms with Crippen LogP contribution in [0.25, 0.3) is 0 Å². The van der Waals surface area contributed by atoms with Gasteiger partial charge in [-0.1, -0.05) is 30.3 Å². The van der Waals surface area contributed by atoms with Crippen molar-refractivity contribution < 1.29 is 22.8 Å². The number of hydrogen-bond donors (Lipinski definition) is 0. The molecule has 24 heavy (non-hydrogen) atoms. The van der Waals surface area contributed by atoms with Crippen molar-refractivity contribution in [3.63, 3.8) is 0 Å². The van der Waals surface area contributed by atoms with Crippen molar-refractivity contribution in [3.8, 4) is 0 Å². The topological polar surface area (TPSA) is 37.4 Å². The van der Waals surface area contributed by atoms with Gasteiger partial charge in [-0.05, 0) is 29.8 Å². The molecule has 1 atom stereocenters. The molecule has 0 radical (unpaired) electrons. The molecule has 1 aliphatic rings. The predicted molar refractivity (Wildman–Crippen MR) is 85.6 cm³/mol. The highest BCUT2D eigenvalue weighted by molar-refractivity contribution is 8.01. The van der Waals surface area contributed by atoms with Crippen LogP contribution in [-0.2, 0) is 15.8 Å². The lowest BCUT2D eigenvalue weighted by Gasteiger charge is -2.30. The first-order chi connectivity index (χ1) is 11.4. The quantitative estimate of drug-likeness (QED) is 0.766. The molecule has 0 unspecified atom stereocenters. The zero-order valence-electron chi connectivity index (χ0n) is 12.3. The molecule has 2 aromatic rings. The molecule has 0 bridgehead atoms. The molecule has 1 aliphatic heterocycles. The number of anilines is 1. The van der Waals surface area contributed by atoms with E-state index >= 15 is 0 Å². The molecule has 124 valence electrons. The molecular weight excluding hydrogens is 339 g/mol. The number of imide groups is 1. The number of benzene rings is 2. The zero-order chi connectivity index (χ0) is 17.3. The Morgan fingerprint density at radius 1 is 0.958 bits per heavy atom. The maximum atomic E-state index is 12.7. The van der Waals surface area contributed by atoms with Gasteiger partial charge in [-0.15, -0.1) is 11.8 Å². The fourth-order valence-corrected chi connectivity index (χ4v) is 3.50. The van der Waals surface area contributed by atoms with Gasteiger partial charge in [0.2, 0.25) is 5.91 Å². The Morgan fingerprint density at radius 3 is 2.17 bits per heavy atom. The van der Waals surface area contributed by atoms with Gasteiger partial charge in [0.1, 0.15) is 5.25 Å². The van der Waals surface area contributed by atoms with Crippen molar-refractivity contribution in [1.29, 1.82) is 0 Å². The van der Waals surface area contributed by atoms with Crippen molar-refractivity contribution in [3.05, 3.63) is 65.7 Å². The number of alkyl halides is 3. The number of carbonyl (C=O) groups excluding carboxylic acids is 2. The van der Waals surface area contributed by atoms with Crippen molar-refractivity contribution in [2.24, 2.45) is 0 Å². The molecule has 1 heterocycles. The molecule has 2 aromatic carbocycles. The van der Waals surface area contributed by atoms with Gasteiger partial charge in [-0.25, -0.2) is 4.90 Å². The number of thioether (sulfide) groups is 1. The highest BCUT2D eigenvalue weighted by Crippen LogP contribution is 2.37. The van der Waals surface area contributed by atoms with Crippen LogP contribution < -0.4 is 4.90 Å². The molecule has 0 saturated carbocycles. The van der Waals surface area contributed by atoms with Crippen molar-refractivity contribution in [2.75, 3.05) is 10.7 Å². The molecule has 0 aromatic heterocycles. The van der Waals surface area contributed by atoms with E-state index in [1.54, 1.807) is 24.3 Å². The molecule has 0 spiro atoms. The van der Waals surface area contributed by atoms with Crippen LogP contribution in [0.3, 0.4) is 0 Å². The lowest BCUT2D eigenvalue weighted by molar-refractivity contribution is -0.137. The Morgan fingerprint density at radius 2 is 1.58 bits per heavy atom. The first kappa shape index (κ1) is 16.6. The van der Waals surface area contributed by atoms with E-state index in [-0.39, 0.29) is 11.4 Å². The first-order valence-corrected chi connectivity index (χ1v) is 8.13. The van der Waals surface area contributed by atoms with E-state index in [1.807, 2.05) is 6.07 Å². The number of nitrogens with zero attached hydrogens (tertiary/aromatic N) is 1. The third kappa shape index (κ3) is 3.17. The largest absolute Gasteiger partial charge is 0.416 e. The second kappa shape index (κ2) is 6.32. The van der Waals surface area contributed by atoms with Crippen molar-refractivity contribution in [1.82, 2.24) is 0 Å². The van der Waals surface area contributed by atoms with Gasteiger partial charge in [0.25, 0.3) is 5.91 Å². The van der Waals surface area contributed by atoms with E-state index in [2.05, 4.69) is 0 Å². The molecule has 0 aliphatic carbocycles. The average molecular weight is 351 g/mol. The molecular formula is C17H12F3NO2S. The van der Waals surface area contributed by atoms with E-state index in [0.29, 0.717) is 0 Å². The third-order valence-electron chi connectivity index (χ3n) is 3.62. The molecule has 3 nitrogen and oxygen atoms in total. The van der Waals surface area contributed by atoms with Gasteiger partial charge in [-0.3, -0.25) is 9.59 Å². The highest BCUT2D eigenvalue weighted by atomic mass is 32.2. The Bertz CT molecular complexity index is 760. The number of hydrogen-bond acceptors (Lipinski definition) is 3. The van der Waals surface area contributed by atoms with Crippen LogP contribution in [0.2, 0.25) is 0 Å². The number of carbonyl (C=O) groups is 2. The van der Waals surface area contributed by atoms with Crippen LogP contribution in [0.5, 0.6) is 0 Å². The number of halogens is 3. The van der Waals surface area contributed by atoms with Crippen molar-refractivity contribution in [2.45, 2.75) is 11.4 Å². The Labute approximate surface area is 140 Å². The first-order valence-electron chi connectivity index (χ1n) is 7.08. The van der Waals surface area contributed by atoms with Crippen molar-refractivity contribution >= 4 is 29.3 Å².